The molecule has 1 saturated heterocycles. The summed E-state index contributed by atoms with van der Waals surface area (Å²) < 4.78 is 0.865. The lowest BCUT2D eigenvalue weighted by molar-refractivity contribution is -0.134. The number of nitrogens with one attached hydrogen (secondary N) is 1. The second-order valence-corrected chi connectivity index (χ2v) is 4.75. The van der Waals surface area contributed by atoms with Crippen molar-refractivity contribution in [2.45, 2.75) is 18.8 Å². The monoisotopic (exact) mass is 249 g/mol. The lowest BCUT2D eigenvalue weighted by Gasteiger charge is -2.22. The van der Waals surface area contributed by atoms with E-state index in [4.69, 9.17) is 11.6 Å². The summed E-state index contributed by atoms with van der Waals surface area (Å²) in [6.45, 7) is 0. The highest BCUT2D eigenvalue weighted by atomic mass is 35.5. The number of rotatable bonds is 1. The van der Waals surface area contributed by atoms with Gasteiger partial charge >= 0.3 is 0 Å². The Labute approximate surface area is 107 Å². The normalized spacial score (nSPS) is 20.7. The largest absolute Gasteiger partial charge is 0.296 e. The number of carbonyl (C=O) groups is 2. The van der Waals surface area contributed by atoms with E-state index in [1.165, 1.54) is 0 Å². The van der Waals surface area contributed by atoms with Crippen LogP contribution in [-0.4, -0.2) is 28.1 Å². The smallest absolute Gasteiger partial charge is 0.234 e. The highest BCUT2D eigenvalue weighted by molar-refractivity contribution is 6.45. The Morgan fingerprint density at radius 2 is 2.12 bits per heavy atom. The molecular formula is C11H9AlClNO2. The Morgan fingerprint density at radius 1 is 1.38 bits per heavy atom. The molecule has 1 unspecified atom stereocenters. The van der Waals surface area contributed by atoms with Gasteiger partial charge in [0.05, 0.1) is 5.92 Å². The molecule has 1 heterocycles. The number of hydrogen-bond donors (Lipinski definition) is 1. The van der Waals surface area contributed by atoms with E-state index < -0.39 is 0 Å². The number of hydrogen-bond acceptors (Lipinski definition) is 2. The zero-order valence-electron chi connectivity index (χ0n) is 8.50. The fourth-order valence-corrected chi connectivity index (χ4v) is 2.36. The van der Waals surface area contributed by atoms with Crippen LogP contribution in [0.25, 0.3) is 0 Å². The molecule has 5 heteroatoms. The highest BCUT2D eigenvalue weighted by Gasteiger charge is 2.29. The summed E-state index contributed by atoms with van der Waals surface area (Å²) in [6.07, 6.45) is 0.895. The summed E-state index contributed by atoms with van der Waals surface area (Å²) in [5.41, 5.74) is 0.791. The van der Waals surface area contributed by atoms with Crippen molar-refractivity contribution in [3.05, 3.63) is 28.8 Å². The quantitative estimate of drug-likeness (QED) is 0.587. The molecule has 1 N–H and O–H groups in total. The van der Waals surface area contributed by atoms with E-state index in [1.54, 1.807) is 0 Å². The van der Waals surface area contributed by atoms with Crippen LogP contribution in [-0.2, 0) is 9.59 Å². The maximum atomic E-state index is 11.7. The lowest BCUT2D eigenvalue weighted by Crippen LogP contribution is -2.39. The minimum atomic E-state index is -0.314. The second-order valence-electron chi connectivity index (χ2n) is 3.75. The van der Waals surface area contributed by atoms with Crippen LogP contribution in [0.4, 0.5) is 0 Å². The first-order chi connectivity index (χ1) is 7.59. The van der Waals surface area contributed by atoms with Crippen LogP contribution in [0.3, 0.4) is 0 Å². The first-order valence-electron chi connectivity index (χ1n) is 4.97. The molecule has 2 amide bonds. The van der Waals surface area contributed by atoms with Crippen LogP contribution in [0.5, 0.6) is 0 Å². The molecule has 1 aliphatic heterocycles. The molecule has 1 aromatic carbocycles. The molecular weight excluding hydrogens is 241 g/mol. The molecule has 1 aromatic rings. The fraction of sp³-hybridized carbons (Fsp3) is 0.273. The van der Waals surface area contributed by atoms with Gasteiger partial charge in [-0.1, -0.05) is 29.8 Å². The topological polar surface area (TPSA) is 46.2 Å². The summed E-state index contributed by atoms with van der Waals surface area (Å²) >= 11 is 8.67. The van der Waals surface area contributed by atoms with Crippen LogP contribution < -0.4 is 9.74 Å². The van der Waals surface area contributed by atoms with Crippen LogP contribution in [0.2, 0.25) is 5.02 Å². The first-order valence-corrected chi connectivity index (χ1v) is 5.92. The number of piperidine rings is 1. The third-order valence-electron chi connectivity index (χ3n) is 2.67. The molecule has 3 nitrogen and oxygen atoms in total. The minimum Gasteiger partial charge on any atom is -0.296 e. The average molecular weight is 250 g/mol. The maximum absolute atomic E-state index is 11.7. The standard InChI is InChI=1S/C11H9ClNO2.Al/c12-9-4-2-1-3-7(9)8-5-6-10(14)13-11(8)15;/h1-3,8H,5-6H2,(H,13,14,15);. The van der Waals surface area contributed by atoms with E-state index in [9.17, 15) is 9.59 Å². The summed E-state index contributed by atoms with van der Waals surface area (Å²) in [6, 6.07) is 5.55. The molecule has 0 spiro atoms. The molecule has 16 heavy (non-hydrogen) atoms. The minimum absolute atomic E-state index is 0.209. The molecule has 0 bridgehead atoms. The molecule has 0 saturated carbocycles. The zero-order valence-corrected chi connectivity index (χ0v) is 10.4. The van der Waals surface area contributed by atoms with E-state index in [0.29, 0.717) is 17.9 Å². The van der Waals surface area contributed by atoms with Crippen LogP contribution in [0.1, 0.15) is 24.3 Å². The first kappa shape index (κ1) is 11.7. The molecule has 1 atom stereocenters. The second kappa shape index (κ2) is 4.59. The molecule has 0 aliphatic carbocycles. The Morgan fingerprint density at radius 3 is 2.81 bits per heavy atom. The molecule has 1 fully saturated rings. The summed E-state index contributed by atoms with van der Waals surface area (Å²) in [4.78, 5) is 22.7. The third kappa shape index (κ3) is 2.15. The molecule has 80 valence electrons. The fourth-order valence-electron chi connectivity index (χ4n) is 1.83. The predicted octanol–water partition coefficient (Wildman–Crippen LogP) is 0.654. The van der Waals surface area contributed by atoms with Gasteiger partial charge in [-0.2, -0.15) is 0 Å². The van der Waals surface area contributed by atoms with Gasteiger partial charge in [0.15, 0.2) is 16.3 Å². The van der Waals surface area contributed by atoms with Crippen molar-refractivity contribution in [2.24, 2.45) is 0 Å². The van der Waals surface area contributed by atoms with Gasteiger partial charge in [-0.05, 0) is 12.0 Å². The van der Waals surface area contributed by atoms with Gasteiger partial charge in [0, 0.05) is 11.4 Å². The van der Waals surface area contributed by atoms with E-state index in [1.807, 2.05) is 18.2 Å². The maximum Gasteiger partial charge on any atom is 0.234 e. The van der Waals surface area contributed by atoms with E-state index in [0.717, 1.165) is 9.99 Å². The van der Waals surface area contributed by atoms with Crippen molar-refractivity contribution in [3.8, 4) is 0 Å². The molecule has 2 rings (SSSR count). The number of amides is 2. The lowest BCUT2D eigenvalue weighted by atomic mass is 9.90. The summed E-state index contributed by atoms with van der Waals surface area (Å²) in [7, 11) is 0. The highest BCUT2D eigenvalue weighted by Crippen LogP contribution is 2.28. The van der Waals surface area contributed by atoms with Crippen molar-refractivity contribution in [3.63, 3.8) is 0 Å². The summed E-state index contributed by atoms with van der Waals surface area (Å²) in [5, 5.41) is 2.92. The van der Waals surface area contributed by atoms with Crippen molar-refractivity contribution in [2.75, 3.05) is 0 Å². The van der Waals surface area contributed by atoms with Gasteiger partial charge in [0.2, 0.25) is 11.8 Å². The SMILES string of the molecule is O=C1CCC(c2ccc[c]([Al])c2Cl)C(=O)N1. The van der Waals surface area contributed by atoms with E-state index in [-0.39, 0.29) is 17.7 Å². The zero-order chi connectivity index (χ0) is 11.7. The van der Waals surface area contributed by atoms with Crippen LogP contribution >= 0.6 is 11.6 Å². The number of carbonyl (C=O) groups excluding carboxylic acids is 2. The number of benzene rings is 1. The van der Waals surface area contributed by atoms with E-state index >= 15 is 0 Å². The Kier molecular flexibility index (Phi) is 3.34. The van der Waals surface area contributed by atoms with Gasteiger partial charge in [-0.15, -0.1) is 4.43 Å². The van der Waals surface area contributed by atoms with Gasteiger partial charge in [-0.3, -0.25) is 14.9 Å². The van der Waals surface area contributed by atoms with Gasteiger partial charge in [0.1, 0.15) is 0 Å². The van der Waals surface area contributed by atoms with E-state index in [2.05, 4.69) is 21.6 Å². The molecule has 0 aromatic heterocycles. The third-order valence-corrected chi connectivity index (χ3v) is 3.77. The van der Waals surface area contributed by atoms with Crippen LogP contribution in [0, 0.1) is 0 Å². The van der Waals surface area contributed by atoms with Crippen molar-refractivity contribution in [1.82, 2.24) is 5.32 Å². The van der Waals surface area contributed by atoms with Crippen molar-refractivity contribution in [1.29, 1.82) is 0 Å². The van der Waals surface area contributed by atoms with Crippen molar-refractivity contribution >= 4 is 44.1 Å². The number of halogens is 1. The number of imide groups is 1. The van der Waals surface area contributed by atoms with Gasteiger partial charge in [0.25, 0.3) is 0 Å². The summed E-state index contributed by atoms with van der Waals surface area (Å²) in [5.74, 6) is -0.779. The Bertz CT molecular complexity index is 461. The van der Waals surface area contributed by atoms with Gasteiger partial charge < -0.3 is 0 Å². The van der Waals surface area contributed by atoms with Crippen LogP contribution in [0.15, 0.2) is 18.2 Å². The average Bonchev–Trinajstić information content (AvgIpc) is 2.23. The molecule has 1 aliphatic rings. The van der Waals surface area contributed by atoms with Gasteiger partial charge in [-0.25, -0.2) is 0 Å². The Balaban J connectivity index is 2.34. The van der Waals surface area contributed by atoms with Crippen molar-refractivity contribution < 1.29 is 9.59 Å². The Hall–Kier alpha value is -0.818. The molecule has 2 radical (unpaired) electrons. The predicted molar refractivity (Wildman–Crippen MR) is 62.0 cm³/mol.